The predicted octanol–water partition coefficient (Wildman–Crippen LogP) is -0.277. The van der Waals surface area contributed by atoms with Crippen LogP contribution in [0.5, 0.6) is 0 Å². The number of amides is 2. The van der Waals surface area contributed by atoms with Gasteiger partial charge >= 0.3 is 0 Å². The largest absolute Gasteiger partial charge is 0.377 e. The number of morpholine rings is 1. The fraction of sp³-hybridized carbons (Fsp3) is 0.846. The topological polar surface area (TPSA) is 84.7 Å². The summed E-state index contributed by atoms with van der Waals surface area (Å²) in [6.45, 7) is 7.50. The maximum absolute atomic E-state index is 12.3. The van der Waals surface area contributed by atoms with E-state index in [1.165, 1.54) is 0 Å². The molecular formula is C13H25N3O3. The maximum atomic E-state index is 12.3. The van der Waals surface area contributed by atoms with Crippen molar-refractivity contribution in [1.29, 1.82) is 0 Å². The van der Waals surface area contributed by atoms with E-state index in [1.807, 2.05) is 20.8 Å². The lowest BCUT2D eigenvalue weighted by Crippen LogP contribution is -2.60. The second-order valence-corrected chi connectivity index (χ2v) is 5.18. The molecule has 1 saturated heterocycles. The fourth-order valence-electron chi connectivity index (χ4n) is 1.93. The molecule has 0 aliphatic carbocycles. The van der Waals surface area contributed by atoms with Crippen LogP contribution in [-0.2, 0) is 14.3 Å². The summed E-state index contributed by atoms with van der Waals surface area (Å²) in [6, 6.07) is -1.13. The second kappa shape index (κ2) is 7.45. The molecule has 0 saturated carbocycles. The van der Waals surface area contributed by atoms with Crippen molar-refractivity contribution in [1.82, 2.24) is 10.2 Å². The van der Waals surface area contributed by atoms with Crippen LogP contribution < -0.4 is 11.1 Å². The van der Waals surface area contributed by atoms with Crippen molar-refractivity contribution in [2.24, 2.45) is 11.7 Å². The molecule has 2 amide bonds. The van der Waals surface area contributed by atoms with Crippen LogP contribution in [0.1, 0.15) is 27.2 Å². The molecule has 0 bridgehead atoms. The molecule has 0 radical (unpaired) electrons. The van der Waals surface area contributed by atoms with E-state index >= 15 is 0 Å². The van der Waals surface area contributed by atoms with E-state index in [-0.39, 0.29) is 24.3 Å². The van der Waals surface area contributed by atoms with Crippen molar-refractivity contribution in [2.45, 2.75) is 39.3 Å². The van der Waals surface area contributed by atoms with Crippen LogP contribution in [0.15, 0.2) is 0 Å². The minimum atomic E-state index is -0.570. The Labute approximate surface area is 114 Å². The zero-order chi connectivity index (χ0) is 14.4. The third kappa shape index (κ3) is 4.18. The monoisotopic (exact) mass is 271 g/mol. The first-order chi connectivity index (χ1) is 8.99. The number of nitrogens with two attached hydrogens (primary N) is 1. The molecule has 0 aromatic carbocycles. The zero-order valence-electron chi connectivity index (χ0n) is 12.0. The summed E-state index contributed by atoms with van der Waals surface area (Å²) in [6.07, 6.45) is 0.860. The molecule has 0 aromatic heterocycles. The number of hydrogen-bond donors (Lipinski definition) is 2. The number of rotatable bonds is 5. The van der Waals surface area contributed by atoms with Gasteiger partial charge in [-0.3, -0.25) is 9.59 Å². The molecule has 19 heavy (non-hydrogen) atoms. The van der Waals surface area contributed by atoms with E-state index in [0.717, 1.165) is 6.42 Å². The van der Waals surface area contributed by atoms with Gasteiger partial charge in [-0.15, -0.1) is 0 Å². The average molecular weight is 271 g/mol. The second-order valence-electron chi connectivity index (χ2n) is 5.18. The number of hydrogen-bond acceptors (Lipinski definition) is 4. The third-order valence-electron chi connectivity index (χ3n) is 3.27. The van der Waals surface area contributed by atoms with Gasteiger partial charge in [-0.05, 0) is 12.3 Å². The predicted molar refractivity (Wildman–Crippen MR) is 72.4 cm³/mol. The van der Waals surface area contributed by atoms with Gasteiger partial charge in [-0.1, -0.05) is 20.8 Å². The van der Waals surface area contributed by atoms with Crippen LogP contribution in [0.2, 0.25) is 0 Å². The fourth-order valence-corrected chi connectivity index (χ4v) is 1.93. The molecule has 0 aromatic rings. The molecule has 1 aliphatic rings. The SMILES string of the molecule is CCCNC(=O)C1COCCN1C(=O)C(N)C(C)C. The van der Waals surface area contributed by atoms with E-state index in [2.05, 4.69) is 5.32 Å². The van der Waals surface area contributed by atoms with E-state index in [0.29, 0.717) is 19.7 Å². The Morgan fingerprint density at radius 1 is 1.47 bits per heavy atom. The van der Waals surface area contributed by atoms with Gasteiger partial charge in [0.15, 0.2) is 0 Å². The van der Waals surface area contributed by atoms with Gasteiger partial charge in [0.2, 0.25) is 11.8 Å². The third-order valence-corrected chi connectivity index (χ3v) is 3.27. The van der Waals surface area contributed by atoms with Crippen molar-refractivity contribution in [3.63, 3.8) is 0 Å². The van der Waals surface area contributed by atoms with E-state index < -0.39 is 12.1 Å². The lowest BCUT2D eigenvalue weighted by Gasteiger charge is -2.36. The molecule has 6 nitrogen and oxygen atoms in total. The van der Waals surface area contributed by atoms with Crippen LogP contribution in [0, 0.1) is 5.92 Å². The summed E-state index contributed by atoms with van der Waals surface area (Å²) in [5.74, 6) is -0.282. The Morgan fingerprint density at radius 3 is 2.74 bits per heavy atom. The van der Waals surface area contributed by atoms with Gasteiger partial charge in [0.1, 0.15) is 6.04 Å². The van der Waals surface area contributed by atoms with Crippen LogP contribution in [0.4, 0.5) is 0 Å². The molecule has 2 unspecified atom stereocenters. The highest BCUT2D eigenvalue weighted by Gasteiger charge is 2.35. The summed E-state index contributed by atoms with van der Waals surface area (Å²) in [7, 11) is 0. The van der Waals surface area contributed by atoms with Crippen LogP contribution in [0.25, 0.3) is 0 Å². The minimum absolute atomic E-state index is 0.0506. The summed E-state index contributed by atoms with van der Waals surface area (Å²) >= 11 is 0. The van der Waals surface area contributed by atoms with Crippen molar-refractivity contribution < 1.29 is 14.3 Å². The summed E-state index contributed by atoms with van der Waals surface area (Å²) in [5, 5.41) is 2.80. The lowest BCUT2D eigenvalue weighted by molar-refractivity contribution is -0.150. The highest BCUT2D eigenvalue weighted by atomic mass is 16.5. The zero-order valence-corrected chi connectivity index (χ0v) is 12.0. The quantitative estimate of drug-likeness (QED) is 0.720. The summed E-state index contributed by atoms with van der Waals surface area (Å²) in [4.78, 5) is 25.9. The molecule has 1 rings (SSSR count). The maximum Gasteiger partial charge on any atom is 0.245 e. The Hall–Kier alpha value is -1.14. The van der Waals surface area contributed by atoms with Crippen molar-refractivity contribution in [3.05, 3.63) is 0 Å². The standard InChI is InChI=1S/C13H25N3O3/c1-4-5-15-12(17)10-8-19-7-6-16(10)13(18)11(14)9(2)3/h9-11H,4-8,14H2,1-3H3,(H,15,17). The molecule has 1 aliphatic heterocycles. The summed E-state index contributed by atoms with van der Waals surface area (Å²) < 4.78 is 5.31. The summed E-state index contributed by atoms with van der Waals surface area (Å²) in [5.41, 5.74) is 5.89. The van der Waals surface area contributed by atoms with E-state index in [4.69, 9.17) is 10.5 Å². The number of nitrogens with one attached hydrogen (secondary N) is 1. The lowest BCUT2D eigenvalue weighted by atomic mass is 10.0. The van der Waals surface area contributed by atoms with Gasteiger partial charge in [-0.25, -0.2) is 0 Å². The first-order valence-electron chi connectivity index (χ1n) is 6.90. The molecular weight excluding hydrogens is 246 g/mol. The van der Waals surface area contributed by atoms with Gasteiger partial charge in [0.05, 0.1) is 19.3 Å². The average Bonchev–Trinajstić information content (AvgIpc) is 2.42. The van der Waals surface area contributed by atoms with Gasteiger partial charge < -0.3 is 20.7 Å². The smallest absolute Gasteiger partial charge is 0.245 e. The minimum Gasteiger partial charge on any atom is -0.377 e. The van der Waals surface area contributed by atoms with E-state index in [9.17, 15) is 9.59 Å². The molecule has 0 spiro atoms. The Kier molecular flexibility index (Phi) is 6.24. The van der Waals surface area contributed by atoms with Crippen molar-refractivity contribution in [2.75, 3.05) is 26.3 Å². The van der Waals surface area contributed by atoms with Crippen molar-refractivity contribution in [3.8, 4) is 0 Å². The van der Waals surface area contributed by atoms with E-state index in [1.54, 1.807) is 4.90 Å². The Balaban J connectivity index is 2.71. The molecule has 110 valence electrons. The normalized spacial score (nSPS) is 21.3. The van der Waals surface area contributed by atoms with Gasteiger partial charge in [0.25, 0.3) is 0 Å². The molecule has 6 heteroatoms. The molecule has 2 atom stereocenters. The number of ether oxygens (including phenoxy) is 1. The van der Waals surface area contributed by atoms with Crippen LogP contribution in [0.3, 0.4) is 0 Å². The first-order valence-corrected chi connectivity index (χ1v) is 6.90. The molecule has 3 N–H and O–H groups in total. The van der Waals surface area contributed by atoms with Gasteiger partial charge in [0, 0.05) is 13.1 Å². The number of nitrogens with zero attached hydrogens (tertiary/aromatic N) is 1. The molecule has 1 fully saturated rings. The Bertz CT molecular complexity index is 320. The van der Waals surface area contributed by atoms with Crippen molar-refractivity contribution >= 4 is 11.8 Å². The van der Waals surface area contributed by atoms with Gasteiger partial charge in [-0.2, -0.15) is 0 Å². The highest BCUT2D eigenvalue weighted by molar-refractivity contribution is 5.90. The highest BCUT2D eigenvalue weighted by Crippen LogP contribution is 2.12. The number of carbonyl (C=O) groups is 2. The number of carbonyl (C=O) groups excluding carboxylic acids is 2. The first kappa shape index (κ1) is 15.9. The molecule has 1 heterocycles. The van der Waals surface area contributed by atoms with Crippen LogP contribution >= 0.6 is 0 Å². The Morgan fingerprint density at radius 2 is 2.16 bits per heavy atom. The van der Waals surface area contributed by atoms with Crippen LogP contribution in [-0.4, -0.2) is 55.1 Å².